The van der Waals surface area contributed by atoms with Crippen molar-refractivity contribution in [3.8, 4) is 0 Å². The molecule has 1 aromatic rings. The number of hydrogen-bond acceptors (Lipinski definition) is 6. The first-order valence-corrected chi connectivity index (χ1v) is 5.48. The number of carbonyl (C=O) groups excluding carboxylic acids is 3. The third-order valence-electron chi connectivity index (χ3n) is 1.80. The quantitative estimate of drug-likeness (QED) is 0.471. The number of aliphatic imine (C=N–C) groups is 2. The first kappa shape index (κ1) is 16.4. The summed E-state index contributed by atoms with van der Waals surface area (Å²) in [6, 6.07) is 8.78. The first-order chi connectivity index (χ1) is 9.15. The van der Waals surface area contributed by atoms with Crippen molar-refractivity contribution in [1.82, 2.24) is 0 Å². The Kier molecular flexibility index (Phi) is 9.17. The zero-order chi connectivity index (χ0) is 14.5. The van der Waals surface area contributed by atoms with Crippen LogP contribution in [-0.4, -0.2) is 24.7 Å². The van der Waals surface area contributed by atoms with Gasteiger partial charge in [-0.25, -0.2) is 9.59 Å². The summed E-state index contributed by atoms with van der Waals surface area (Å²) < 4.78 is 4.40. The van der Waals surface area contributed by atoms with Crippen LogP contribution in [0.25, 0.3) is 0 Å². The molecule has 0 unspecified atom stereocenters. The van der Waals surface area contributed by atoms with Crippen molar-refractivity contribution < 1.29 is 19.1 Å². The molecule has 0 bridgehead atoms. The Hall–Kier alpha value is -2.55. The van der Waals surface area contributed by atoms with Crippen LogP contribution in [0.1, 0.15) is 25.6 Å². The molecule has 0 radical (unpaired) electrons. The smallest absolute Gasteiger partial charge is 0.302 e. The molecule has 0 aliphatic carbocycles. The minimum absolute atomic E-state index is 0.211. The third kappa shape index (κ3) is 8.21. The average Bonchev–Trinajstić information content (AvgIpc) is 2.40. The maximum atomic E-state index is 9.98. The summed E-state index contributed by atoms with van der Waals surface area (Å²) in [6.45, 7) is 3.65. The van der Waals surface area contributed by atoms with Gasteiger partial charge in [0.05, 0.1) is 6.61 Å². The first-order valence-electron chi connectivity index (χ1n) is 5.48. The molecule has 0 aliphatic rings. The van der Waals surface area contributed by atoms with Crippen molar-refractivity contribution in [2.45, 2.75) is 20.0 Å². The van der Waals surface area contributed by atoms with Crippen molar-refractivity contribution >= 4 is 18.1 Å². The van der Waals surface area contributed by atoms with Crippen LogP contribution in [0, 0.1) is 0 Å². The van der Waals surface area contributed by atoms with E-state index in [4.69, 9.17) is 0 Å². The minimum Gasteiger partial charge on any atom is -0.466 e. The lowest BCUT2D eigenvalue weighted by Gasteiger charge is -2.01. The van der Waals surface area contributed by atoms with E-state index in [1.165, 1.54) is 19.1 Å². The molecule has 19 heavy (non-hydrogen) atoms. The molecule has 0 fully saturated rings. The van der Waals surface area contributed by atoms with Gasteiger partial charge < -0.3 is 4.74 Å². The van der Waals surface area contributed by atoms with Gasteiger partial charge in [-0.2, -0.15) is 9.98 Å². The molecule has 1 aromatic carbocycles. The van der Waals surface area contributed by atoms with Crippen LogP contribution in [0.2, 0.25) is 0 Å². The molecular weight excluding hydrogens is 248 g/mol. The number of carbonyl (C=O) groups is 1. The molecule has 1 rings (SSSR count). The zero-order valence-electron chi connectivity index (χ0n) is 10.7. The topological polar surface area (TPSA) is 85.2 Å². The Balaban J connectivity index is 0.000000459. The number of hydrogen-bond donors (Lipinski definition) is 0. The van der Waals surface area contributed by atoms with Crippen LogP contribution >= 0.6 is 0 Å². The van der Waals surface area contributed by atoms with E-state index in [0.717, 1.165) is 0 Å². The predicted octanol–water partition coefficient (Wildman–Crippen LogP) is 1.93. The average molecular weight is 262 g/mol. The predicted molar refractivity (Wildman–Crippen MR) is 67.7 cm³/mol. The van der Waals surface area contributed by atoms with E-state index in [9.17, 15) is 14.4 Å². The molecule has 0 spiro atoms. The van der Waals surface area contributed by atoms with Gasteiger partial charge in [0.1, 0.15) is 0 Å². The van der Waals surface area contributed by atoms with Gasteiger partial charge in [0, 0.05) is 6.92 Å². The molecule has 0 aliphatic heterocycles. The van der Waals surface area contributed by atoms with E-state index in [0.29, 0.717) is 12.2 Å². The van der Waals surface area contributed by atoms with Crippen molar-refractivity contribution in [2.24, 2.45) is 9.98 Å². The molecule has 0 aromatic heterocycles. The fourth-order valence-electron chi connectivity index (χ4n) is 1.11. The molecule has 0 saturated carbocycles. The second-order valence-electron chi connectivity index (χ2n) is 3.15. The monoisotopic (exact) mass is 262 g/mol. The molecular formula is C13H14N2O4. The lowest BCUT2D eigenvalue weighted by Crippen LogP contribution is -1.95. The fraction of sp³-hybridized carbons (Fsp3) is 0.308. The maximum Gasteiger partial charge on any atom is 0.302 e. The van der Waals surface area contributed by atoms with Gasteiger partial charge in [-0.05, 0) is 12.5 Å². The van der Waals surface area contributed by atoms with Gasteiger partial charge in [-0.3, -0.25) is 4.79 Å². The molecule has 6 nitrogen and oxygen atoms in total. The number of nitrogens with zero attached hydrogens (tertiary/aromatic N) is 2. The van der Waals surface area contributed by atoms with Crippen LogP contribution in [0.4, 0.5) is 0 Å². The van der Waals surface area contributed by atoms with Gasteiger partial charge in [-0.1, -0.05) is 30.3 Å². The van der Waals surface area contributed by atoms with Crippen LogP contribution in [0.15, 0.2) is 40.3 Å². The van der Waals surface area contributed by atoms with E-state index >= 15 is 0 Å². The second kappa shape index (κ2) is 10.6. The van der Waals surface area contributed by atoms with E-state index in [-0.39, 0.29) is 5.97 Å². The van der Waals surface area contributed by atoms with Gasteiger partial charge in [-0.15, -0.1) is 0 Å². The molecule has 0 atom stereocenters. The summed E-state index contributed by atoms with van der Waals surface area (Å²) in [4.78, 5) is 36.5. The Labute approximate surface area is 110 Å². The van der Waals surface area contributed by atoms with Crippen molar-refractivity contribution in [3.05, 3.63) is 35.9 Å². The Bertz CT molecular complexity index is 457. The van der Waals surface area contributed by atoms with E-state index < -0.39 is 6.17 Å². The summed E-state index contributed by atoms with van der Waals surface area (Å²) in [6.07, 6.45) is 1.90. The van der Waals surface area contributed by atoms with Crippen molar-refractivity contribution in [3.63, 3.8) is 0 Å². The summed E-state index contributed by atoms with van der Waals surface area (Å²) in [5, 5.41) is 0. The Morgan fingerprint density at radius 2 is 1.74 bits per heavy atom. The standard InChI is InChI=1S/C9H6N2O2.C4H8O2/c12-6-10-9(11-7-13)8-4-2-1-3-5-8;1-3-6-4(2)5/h1-5,9H;3H2,1-2H3. The van der Waals surface area contributed by atoms with Crippen molar-refractivity contribution in [2.75, 3.05) is 6.61 Å². The normalized spacial score (nSPS) is 9.79. The summed E-state index contributed by atoms with van der Waals surface area (Å²) >= 11 is 0. The molecule has 0 amide bonds. The summed E-state index contributed by atoms with van der Waals surface area (Å²) in [7, 11) is 0. The maximum absolute atomic E-state index is 9.98. The van der Waals surface area contributed by atoms with Gasteiger partial charge in [0.2, 0.25) is 12.2 Å². The molecule has 0 heterocycles. The minimum atomic E-state index is -0.809. The van der Waals surface area contributed by atoms with Crippen LogP contribution in [-0.2, 0) is 19.1 Å². The lowest BCUT2D eigenvalue weighted by molar-refractivity contribution is -0.140. The number of benzene rings is 1. The zero-order valence-corrected chi connectivity index (χ0v) is 10.7. The molecule has 0 N–H and O–H groups in total. The number of isocyanates is 2. The highest BCUT2D eigenvalue weighted by Crippen LogP contribution is 2.16. The van der Waals surface area contributed by atoms with Gasteiger partial charge in [0.25, 0.3) is 0 Å². The fourth-order valence-corrected chi connectivity index (χ4v) is 1.11. The van der Waals surface area contributed by atoms with Crippen molar-refractivity contribution in [1.29, 1.82) is 0 Å². The summed E-state index contributed by atoms with van der Waals surface area (Å²) in [5.41, 5.74) is 0.661. The molecule has 0 saturated heterocycles. The number of rotatable bonds is 4. The highest BCUT2D eigenvalue weighted by molar-refractivity contribution is 5.65. The Morgan fingerprint density at radius 1 is 1.21 bits per heavy atom. The van der Waals surface area contributed by atoms with Crippen LogP contribution in [0.3, 0.4) is 0 Å². The largest absolute Gasteiger partial charge is 0.466 e. The van der Waals surface area contributed by atoms with E-state index in [1.807, 2.05) is 6.07 Å². The summed E-state index contributed by atoms with van der Waals surface area (Å²) in [5.74, 6) is -0.211. The number of esters is 1. The molecule has 6 heteroatoms. The van der Waals surface area contributed by atoms with Gasteiger partial charge >= 0.3 is 5.97 Å². The van der Waals surface area contributed by atoms with E-state index in [2.05, 4.69) is 14.7 Å². The highest BCUT2D eigenvalue weighted by atomic mass is 16.5. The lowest BCUT2D eigenvalue weighted by atomic mass is 10.2. The molecule has 100 valence electrons. The number of ether oxygens (including phenoxy) is 1. The van der Waals surface area contributed by atoms with Crippen LogP contribution in [0.5, 0.6) is 0 Å². The van der Waals surface area contributed by atoms with Gasteiger partial charge in [0.15, 0.2) is 6.17 Å². The second-order valence-corrected chi connectivity index (χ2v) is 3.15. The Morgan fingerprint density at radius 3 is 2.05 bits per heavy atom. The highest BCUT2D eigenvalue weighted by Gasteiger charge is 2.05. The van der Waals surface area contributed by atoms with Crippen LogP contribution < -0.4 is 0 Å². The van der Waals surface area contributed by atoms with E-state index in [1.54, 1.807) is 31.2 Å². The third-order valence-corrected chi connectivity index (χ3v) is 1.80. The SMILES string of the molecule is CCOC(C)=O.O=C=NC(N=C=O)c1ccccc1.